The summed E-state index contributed by atoms with van der Waals surface area (Å²) >= 11 is 0. The average Bonchev–Trinajstić information content (AvgIpc) is 2.88. The fourth-order valence-corrected chi connectivity index (χ4v) is 2.59. The highest BCUT2D eigenvalue weighted by Crippen LogP contribution is 2.22. The zero-order valence-electron chi connectivity index (χ0n) is 13.9. The van der Waals surface area contributed by atoms with Gasteiger partial charge in [0.15, 0.2) is 0 Å². The second kappa shape index (κ2) is 7.18. The molecule has 0 bridgehead atoms. The van der Waals surface area contributed by atoms with E-state index in [0.29, 0.717) is 5.56 Å². The Bertz CT molecular complexity index is 852. The van der Waals surface area contributed by atoms with E-state index in [4.69, 9.17) is 4.74 Å². The van der Waals surface area contributed by atoms with Gasteiger partial charge < -0.3 is 9.47 Å². The molecule has 7 nitrogen and oxygen atoms in total. The molecule has 0 N–H and O–H groups in total. The molecule has 3 rings (SSSR count). The van der Waals surface area contributed by atoms with E-state index in [-0.39, 0.29) is 29.3 Å². The quantitative estimate of drug-likeness (QED) is 0.461. The number of carbonyl (C=O) groups excluding carboxylic acids is 4. The van der Waals surface area contributed by atoms with Gasteiger partial charge in [0.1, 0.15) is 12.3 Å². The number of amides is 2. The number of ether oxygens (including phenoxy) is 2. The Labute approximate surface area is 149 Å². The molecule has 1 aliphatic heterocycles. The molecule has 1 heterocycles. The highest BCUT2D eigenvalue weighted by Gasteiger charge is 2.36. The van der Waals surface area contributed by atoms with Crippen LogP contribution in [-0.2, 0) is 20.7 Å². The third-order valence-electron chi connectivity index (χ3n) is 3.90. The summed E-state index contributed by atoms with van der Waals surface area (Å²) in [6.45, 7) is -0.476. The molecule has 0 atom stereocenters. The van der Waals surface area contributed by atoms with E-state index in [1.54, 1.807) is 36.4 Å². The number of fused-ring (bicyclic) bond motifs is 1. The fourth-order valence-electron chi connectivity index (χ4n) is 2.59. The van der Waals surface area contributed by atoms with Crippen molar-refractivity contribution in [2.45, 2.75) is 6.42 Å². The highest BCUT2D eigenvalue weighted by molar-refractivity contribution is 6.22. The number of hydrogen-bond donors (Lipinski definition) is 0. The van der Waals surface area contributed by atoms with Crippen LogP contribution in [0.15, 0.2) is 48.5 Å². The molecule has 0 aliphatic carbocycles. The number of carbonyl (C=O) groups is 4. The number of hydrogen-bond acceptors (Lipinski definition) is 6. The van der Waals surface area contributed by atoms with Crippen LogP contribution in [0.25, 0.3) is 0 Å². The maximum atomic E-state index is 12.2. The van der Waals surface area contributed by atoms with Gasteiger partial charge in [-0.1, -0.05) is 24.3 Å². The van der Waals surface area contributed by atoms with Crippen molar-refractivity contribution in [1.82, 2.24) is 4.90 Å². The van der Waals surface area contributed by atoms with Crippen molar-refractivity contribution >= 4 is 23.8 Å². The van der Waals surface area contributed by atoms with Crippen LogP contribution in [0.2, 0.25) is 0 Å². The monoisotopic (exact) mass is 353 g/mol. The highest BCUT2D eigenvalue weighted by atomic mass is 16.5. The summed E-state index contributed by atoms with van der Waals surface area (Å²) in [5.74, 6) is -1.90. The van der Waals surface area contributed by atoms with Gasteiger partial charge in [0.25, 0.3) is 11.8 Å². The summed E-state index contributed by atoms with van der Waals surface area (Å²) in [4.78, 5) is 48.6. The summed E-state index contributed by atoms with van der Waals surface area (Å²) in [5.41, 5.74) is 1.26. The molecule has 7 heteroatoms. The van der Waals surface area contributed by atoms with Gasteiger partial charge in [-0.15, -0.1) is 0 Å². The standard InChI is InChI=1S/C19H15NO6/c1-25-16(21)10-12-6-8-13(9-7-12)26-17(22)11-20-18(23)14-4-2-3-5-15(14)19(20)24/h2-9H,10-11H2,1H3. The Morgan fingerprint density at radius 1 is 0.885 bits per heavy atom. The molecule has 0 spiro atoms. The summed E-state index contributed by atoms with van der Waals surface area (Å²) in [6.07, 6.45) is 0.111. The van der Waals surface area contributed by atoms with Gasteiger partial charge in [-0.05, 0) is 29.8 Å². The predicted octanol–water partition coefficient (Wildman–Crippen LogP) is 1.60. The first-order valence-corrected chi connectivity index (χ1v) is 7.81. The van der Waals surface area contributed by atoms with Crippen molar-refractivity contribution in [3.63, 3.8) is 0 Å². The molecular formula is C19H15NO6. The lowest BCUT2D eigenvalue weighted by atomic mass is 10.1. The second-order valence-corrected chi connectivity index (χ2v) is 5.61. The summed E-state index contributed by atoms with van der Waals surface area (Å²) < 4.78 is 9.73. The van der Waals surface area contributed by atoms with Crippen molar-refractivity contribution in [3.8, 4) is 5.75 Å². The molecule has 0 fully saturated rings. The molecule has 2 aromatic rings. The topological polar surface area (TPSA) is 90.0 Å². The molecule has 0 radical (unpaired) electrons. The van der Waals surface area contributed by atoms with Crippen LogP contribution in [-0.4, -0.2) is 42.3 Å². The number of nitrogens with zero attached hydrogens (tertiary/aromatic N) is 1. The molecule has 0 unspecified atom stereocenters. The molecule has 26 heavy (non-hydrogen) atoms. The number of benzene rings is 2. The number of esters is 2. The van der Waals surface area contributed by atoms with Gasteiger partial charge in [-0.3, -0.25) is 19.3 Å². The zero-order valence-corrected chi connectivity index (χ0v) is 13.9. The van der Waals surface area contributed by atoms with E-state index in [0.717, 1.165) is 4.90 Å². The van der Waals surface area contributed by atoms with E-state index in [9.17, 15) is 19.2 Å². The van der Waals surface area contributed by atoms with Crippen LogP contribution in [0.5, 0.6) is 5.75 Å². The van der Waals surface area contributed by atoms with Gasteiger partial charge in [0, 0.05) is 0 Å². The molecule has 0 saturated carbocycles. The Morgan fingerprint density at radius 2 is 1.46 bits per heavy atom. The summed E-state index contributed by atoms with van der Waals surface area (Å²) in [6, 6.07) is 12.7. The molecule has 0 aromatic heterocycles. The van der Waals surface area contributed by atoms with Gasteiger partial charge in [-0.25, -0.2) is 4.79 Å². The van der Waals surface area contributed by atoms with Crippen LogP contribution < -0.4 is 4.74 Å². The Balaban J connectivity index is 1.62. The third kappa shape index (κ3) is 3.46. The minimum absolute atomic E-state index is 0.111. The summed E-state index contributed by atoms with van der Waals surface area (Å²) in [5, 5.41) is 0. The molecular weight excluding hydrogens is 338 g/mol. The van der Waals surface area contributed by atoms with E-state index >= 15 is 0 Å². The SMILES string of the molecule is COC(=O)Cc1ccc(OC(=O)CN2C(=O)c3ccccc3C2=O)cc1. The fraction of sp³-hybridized carbons (Fsp3) is 0.158. The van der Waals surface area contributed by atoms with Crippen molar-refractivity contribution in [2.75, 3.05) is 13.7 Å². The minimum Gasteiger partial charge on any atom is -0.469 e. The lowest BCUT2D eigenvalue weighted by Gasteiger charge is -2.13. The van der Waals surface area contributed by atoms with Crippen molar-refractivity contribution in [1.29, 1.82) is 0 Å². The van der Waals surface area contributed by atoms with Crippen LogP contribution in [0.4, 0.5) is 0 Å². The largest absolute Gasteiger partial charge is 0.469 e. The average molecular weight is 353 g/mol. The van der Waals surface area contributed by atoms with E-state index < -0.39 is 24.3 Å². The van der Waals surface area contributed by atoms with E-state index in [1.807, 2.05) is 0 Å². The molecule has 0 saturated heterocycles. The van der Waals surface area contributed by atoms with Crippen molar-refractivity contribution in [2.24, 2.45) is 0 Å². The van der Waals surface area contributed by atoms with Crippen LogP contribution >= 0.6 is 0 Å². The number of imide groups is 1. The predicted molar refractivity (Wildman–Crippen MR) is 89.6 cm³/mol. The lowest BCUT2D eigenvalue weighted by molar-refractivity contribution is -0.139. The number of rotatable bonds is 5. The van der Waals surface area contributed by atoms with Gasteiger partial charge in [-0.2, -0.15) is 0 Å². The van der Waals surface area contributed by atoms with Gasteiger partial charge in [0.2, 0.25) is 0 Å². The van der Waals surface area contributed by atoms with Gasteiger partial charge >= 0.3 is 11.9 Å². The lowest BCUT2D eigenvalue weighted by Crippen LogP contribution is -2.36. The molecule has 2 amide bonds. The van der Waals surface area contributed by atoms with Crippen molar-refractivity contribution < 1.29 is 28.7 Å². The van der Waals surface area contributed by atoms with E-state index in [1.165, 1.54) is 19.2 Å². The normalized spacial score (nSPS) is 12.7. The Kier molecular flexibility index (Phi) is 4.79. The molecule has 132 valence electrons. The number of methoxy groups -OCH3 is 1. The maximum Gasteiger partial charge on any atom is 0.331 e. The zero-order chi connectivity index (χ0) is 18.7. The molecule has 2 aromatic carbocycles. The smallest absolute Gasteiger partial charge is 0.331 e. The Hall–Kier alpha value is -3.48. The van der Waals surface area contributed by atoms with Gasteiger partial charge in [0.05, 0.1) is 24.7 Å². The van der Waals surface area contributed by atoms with Crippen molar-refractivity contribution in [3.05, 3.63) is 65.2 Å². The first kappa shape index (κ1) is 17.3. The third-order valence-corrected chi connectivity index (χ3v) is 3.90. The van der Waals surface area contributed by atoms with E-state index in [2.05, 4.69) is 4.74 Å². The van der Waals surface area contributed by atoms with Crippen LogP contribution in [0.3, 0.4) is 0 Å². The van der Waals surface area contributed by atoms with Crippen LogP contribution in [0.1, 0.15) is 26.3 Å². The first-order chi connectivity index (χ1) is 12.5. The molecule has 1 aliphatic rings. The maximum absolute atomic E-state index is 12.2. The van der Waals surface area contributed by atoms with Crippen LogP contribution in [0, 0.1) is 0 Å². The summed E-state index contributed by atoms with van der Waals surface area (Å²) in [7, 11) is 1.30. The second-order valence-electron chi connectivity index (χ2n) is 5.61. The Morgan fingerprint density at radius 3 is 2.00 bits per heavy atom. The minimum atomic E-state index is -0.736. The first-order valence-electron chi connectivity index (χ1n) is 7.81.